The first-order chi connectivity index (χ1) is 9.40. The fourth-order valence-corrected chi connectivity index (χ4v) is 2.81. The summed E-state index contributed by atoms with van der Waals surface area (Å²) in [4.78, 5) is 12.3. The molecule has 116 valence electrons. The molecular weight excluding hydrogens is 254 g/mol. The Morgan fingerprint density at radius 3 is 2.45 bits per heavy atom. The van der Waals surface area contributed by atoms with Crippen LogP contribution in [0, 0.1) is 11.8 Å². The molecule has 20 heavy (non-hydrogen) atoms. The normalized spacial score (nSPS) is 24.4. The van der Waals surface area contributed by atoms with Crippen molar-refractivity contribution in [3.05, 3.63) is 0 Å². The van der Waals surface area contributed by atoms with Crippen molar-refractivity contribution in [1.29, 1.82) is 0 Å². The maximum atomic E-state index is 12.3. The van der Waals surface area contributed by atoms with E-state index in [1.165, 1.54) is 19.3 Å². The van der Waals surface area contributed by atoms with Crippen LogP contribution in [0.5, 0.6) is 0 Å². The molecule has 0 heterocycles. The molecular formula is C15H29N3O2. The highest BCUT2D eigenvalue weighted by Gasteiger charge is 2.31. The number of hydrogen-bond donors (Lipinski definition) is 3. The van der Waals surface area contributed by atoms with Gasteiger partial charge in [0.1, 0.15) is 0 Å². The minimum Gasteiger partial charge on any atom is -0.409 e. The van der Waals surface area contributed by atoms with E-state index in [9.17, 15) is 4.79 Å². The Kier molecular flexibility index (Phi) is 6.30. The van der Waals surface area contributed by atoms with Crippen molar-refractivity contribution >= 4 is 11.7 Å². The number of amidine groups is 1. The van der Waals surface area contributed by atoms with Crippen molar-refractivity contribution < 1.29 is 10.0 Å². The fraction of sp³-hybridized carbons (Fsp3) is 0.867. The van der Waals surface area contributed by atoms with Crippen molar-refractivity contribution in [3.8, 4) is 0 Å². The average Bonchev–Trinajstić information content (AvgIpc) is 2.44. The molecule has 0 unspecified atom stereocenters. The van der Waals surface area contributed by atoms with E-state index in [0.717, 1.165) is 31.6 Å². The molecule has 0 atom stereocenters. The zero-order valence-electron chi connectivity index (χ0n) is 13.0. The first kappa shape index (κ1) is 16.8. The molecule has 4 N–H and O–H groups in total. The second-order valence-corrected chi connectivity index (χ2v) is 6.46. The van der Waals surface area contributed by atoms with Crippen LogP contribution < -0.4 is 11.1 Å². The Hall–Kier alpha value is -1.26. The number of hydrogen-bond acceptors (Lipinski definition) is 3. The van der Waals surface area contributed by atoms with E-state index in [0.29, 0.717) is 0 Å². The number of amides is 1. The van der Waals surface area contributed by atoms with Crippen LogP contribution >= 0.6 is 0 Å². The topological polar surface area (TPSA) is 87.7 Å². The largest absolute Gasteiger partial charge is 0.409 e. The molecule has 1 rings (SSSR count). The molecule has 0 radical (unpaired) electrons. The zero-order chi connectivity index (χ0) is 15.2. The lowest BCUT2D eigenvalue weighted by molar-refractivity contribution is -0.127. The molecule has 0 spiro atoms. The van der Waals surface area contributed by atoms with E-state index >= 15 is 0 Å². The van der Waals surface area contributed by atoms with Crippen molar-refractivity contribution in [1.82, 2.24) is 5.32 Å². The van der Waals surface area contributed by atoms with Crippen LogP contribution in [0.1, 0.15) is 65.7 Å². The smallest absolute Gasteiger partial charge is 0.223 e. The van der Waals surface area contributed by atoms with E-state index in [1.807, 2.05) is 0 Å². The van der Waals surface area contributed by atoms with Gasteiger partial charge in [0.25, 0.3) is 0 Å². The molecule has 1 aliphatic rings. The molecule has 0 aromatic rings. The third-order valence-corrected chi connectivity index (χ3v) is 4.37. The molecule has 1 amide bonds. The quantitative estimate of drug-likeness (QED) is 0.303. The Bertz CT molecular complexity index is 345. The zero-order valence-corrected chi connectivity index (χ0v) is 13.0. The molecule has 5 heteroatoms. The SMILES string of the molecule is CCCCC1CCC(C(=O)NC(C)(C)/C(N)=N/O)CC1. The molecule has 0 aromatic heterocycles. The lowest BCUT2D eigenvalue weighted by Crippen LogP contribution is -2.54. The first-order valence-electron chi connectivity index (χ1n) is 7.70. The van der Waals surface area contributed by atoms with Crippen molar-refractivity contribution in [2.75, 3.05) is 0 Å². The van der Waals surface area contributed by atoms with Gasteiger partial charge >= 0.3 is 0 Å². The fourth-order valence-electron chi connectivity index (χ4n) is 2.81. The van der Waals surface area contributed by atoms with Crippen LogP contribution in [-0.2, 0) is 4.79 Å². The third kappa shape index (κ3) is 4.69. The second kappa shape index (κ2) is 7.50. The summed E-state index contributed by atoms with van der Waals surface area (Å²) in [6.07, 6.45) is 8.01. The van der Waals surface area contributed by atoms with Gasteiger partial charge in [0.05, 0.1) is 5.54 Å². The molecule has 0 aliphatic heterocycles. The highest BCUT2D eigenvalue weighted by atomic mass is 16.4. The molecule has 1 aliphatic carbocycles. The summed E-state index contributed by atoms with van der Waals surface area (Å²) in [5.74, 6) is 0.910. The highest BCUT2D eigenvalue weighted by molar-refractivity contribution is 5.93. The monoisotopic (exact) mass is 283 g/mol. The Morgan fingerprint density at radius 2 is 1.95 bits per heavy atom. The molecule has 1 fully saturated rings. The standard InChI is InChI=1S/C15H29N3O2/c1-4-5-6-11-7-9-12(10-8-11)13(19)17-15(2,3)14(16)18-20/h11-12,20H,4-10H2,1-3H3,(H2,16,18)(H,17,19). The van der Waals surface area contributed by atoms with Gasteiger partial charge in [-0.25, -0.2) is 0 Å². The highest BCUT2D eigenvalue weighted by Crippen LogP contribution is 2.32. The van der Waals surface area contributed by atoms with E-state index in [2.05, 4.69) is 17.4 Å². The summed E-state index contributed by atoms with van der Waals surface area (Å²) >= 11 is 0. The number of oxime groups is 1. The lowest BCUT2D eigenvalue weighted by Gasteiger charge is -2.31. The minimum atomic E-state index is -0.801. The summed E-state index contributed by atoms with van der Waals surface area (Å²) in [6, 6.07) is 0. The Labute approximate surface area is 122 Å². The number of nitrogens with two attached hydrogens (primary N) is 1. The summed E-state index contributed by atoms with van der Waals surface area (Å²) in [6.45, 7) is 5.70. The number of nitrogens with one attached hydrogen (secondary N) is 1. The van der Waals surface area contributed by atoms with Gasteiger partial charge in [-0.05, 0) is 45.4 Å². The van der Waals surface area contributed by atoms with Crippen LogP contribution in [0.4, 0.5) is 0 Å². The number of nitrogens with zero attached hydrogens (tertiary/aromatic N) is 1. The minimum absolute atomic E-state index is 0.0236. The summed E-state index contributed by atoms with van der Waals surface area (Å²) < 4.78 is 0. The van der Waals surface area contributed by atoms with Crippen LogP contribution in [0.3, 0.4) is 0 Å². The molecule has 0 bridgehead atoms. The summed E-state index contributed by atoms with van der Waals surface area (Å²) in [5, 5.41) is 14.6. The predicted octanol–water partition coefficient (Wildman–Crippen LogP) is 2.62. The molecule has 5 nitrogen and oxygen atoms in total. The predicted molar refractivity (Wildman–Crippen MR) is 80.6 cm³/mol. The molecule has 0 aromatic carbocycles. The number of rotatable bonds is 6. The van der Waals surface area contributed by atoms with E-state index in [1.54, 1.807) is 13.8 Å². The number of carbonyl (C=O) groups excluding carboxylic acids is 1. The van der Waals surface area contributed by atoms with Gasteiger partial charge in [-0.15, -0.1) is 0 Å². The maximum Gasteiger partial charge on any atom is 0.223 e. The Morgan fingerprint density at radius 1 is 1.35 bits per heavy atom. The number of unbranched alkanes of at least 4 members (excludes halogenated alkanes) is 1. The maximum absolute atomic E-state index is 12.3. The van der Waals surface area contributed by atoms with Gasteiger partial charge in [0, 0.05) is 5.92 Å². The van der Waals surface area contributed by atoms with Crippen LogP contribution in [0.2, 0.25) is 0 Å². The van der Waals surface area contributed by atoms with Crippen LogP contribution in [0.25, 0.3) is 0 Å². The molecule has 0 saturated heterocycles. The third-order valence-electron chi connectivity index (χ3n) is 4.37. The lowest BCUT2D eigenvalue weighted by atomic mass is 9.79. The van der Waals surface area contributed by atoms with Crippen molar-refractivity contribution in [2.24, 2.45) is 22.7 Å². The average molecular weight is 283 g/mol. The van der Waals surface area contributed by atoms with E-state index < -0.39 is 5.54 Å². The second-order valence-electron chi connectivity index (χ2n) is 6.46. The van der Waals surface area contributed by atoms with E-state index in [4.69, 9.17) is 10.9 Å². The van der Waals surface area contributed by atoms with Gasteiger partial charge < -0.3 is 16.3 Å². The molecule has 1 saturated carbocycles. The van der Waals surface area contributed by atoms with Gasteiger partial charge in [-0.3, -0.25) is 4.79 Å². The summed E-state index contributed by atoms with van der Waals surface area (Å²) in [7, 11) is 0. The Balaban J connectivity index is 2.43. The first-order valence-corrected chi connectivity index (χ1v) is 7.70. The van der Waals surface area contributed by atoms with Crippen molar-refractivity contribution in [2.45, 2.75) is 71.3 Å². The van der Waals surface area contributed by atoms with Gasteiger partial charge in [0.15, 0.2) is 5.84 Å². The van der Waals surface area contributed by atoms with Crippen LogP contribution in [-0.4, -0.2) is 22.5 Å². The van der Waals surface area contributed by atoms with Crippen molar-refractivity contribution in [3.63, 3.8) is 0 Å². The van der Waals surface area contributed by atoms with Crippen LogP contribution in [0.15, 0.2) is 5.16 Å². The van der Waals surface area contributed by atoms with Gasteiger partial charge in [-0.1, -0.05) is 31.3 Å². The van der Waals surface area contributed by atoms with Gasteiger partial charge in [0.2, 0.25) is 5.91 Å². The summed E-state index contributed by atoms with van der Waals surface area (Å²) in [5.41, 5.74) is 4.79. The van der Waals surface area contributed by atoms with E-state index in [-0.39, 0.29) is 17.7 Å². The van der Waals surface area contributed by atoms with Gasteiger partial charge in [-0.2, -0.15) is 0 Å². The number of carbonyl (C=O) groups is 1.